The van der Waals surface area contributed by atoms with E-state index in [-0.39, 0.29) is 30.8 Å². The minimum atomic E-state index is -3.80. The first-order valence-electron chi connectivity index (χ1n) is 11.3. The molecule has 1 aromatic carbocycles. The highest BCUT2D eigenvalue weighted by Crippen LogP contribution is 2.43. The van der Waals surface area contributed by atoms with Crippen LogP contribution in [0.5, 0.6) is 0 Å². The van der Waals surface area contributed by atoms with E-state index in [1.54, 1.807) is 4.31 Å². The van der Waals surface area contributed by atoms with Crippen molar-refractivity contribution in [1.82, 2.24) is 13.9 Å². The lowest BCUT2D eigenvalue weighted by Crippen LogP contribution is -2.57. The number of aryl methyl sites for hydroxylation is 1. The van der Waals surface area contributed by atoms with Crippen LogP contribution in [0.15, 0.2) is 18.2 Å². The summed E-state index contributed by atoms with van der Waals surface area (Å²) >= 11 is 0. The van der Waals surface area contributed by atoms with E-state index in [4.69, 9.17) is 5.14 Å². The second-order valence-electron chi connectivity index (χ2n) is 9.07. The van der Waals surface area contributed by atoms with Crippen molar-refractivity contribution in [2.75, 3.05) is 31.9 Å². The van der Waals surface area contributed by atoms with Crippen molar-refractivity contribution in [2.45, 2.75) is 57.5 Å². The average molecular weight is 471 g/mol. The Labute approximate surface area is 186 Å². The smallest absolute Gasteiger partial charge is 0.274 e. The Hall–Kier alpha value is -1.04. The van der Waals surface area contributed by atoms with Crippen LogP contribution in [-0.4, -0.2) is 64.0 Å². The van der Waals surface area contributed by atoms with E-state index in [0.717, 1.165) is 45.2 Å². The Morgan fingerprint density at radius 1 is 1.19 bits per heavy atom. The minimum Gasteiger partial charge on any atom is -0.296 e. The highest BCUT2D eigenvalue weighted by Gasteiger charge is 2.45. The van der Waals surface area contributed by atoms with Crippen molar-refractivity contribution in [3.63, 3.8) is 0 Å². The van der Waals surface area contributed by atoms with Gasteiger partial charge in [0, 0.05) is 38.3 Å². The molecule has 3 atom stereocenters. The molecule has 3 aliphatic rings. The van der Waals surface area contributed by atoms with Gasteiger partial charge in [-0.15, -0.1) is 0 Å². The lowest BCUT2D eigenvalue weighted by atomic mass is 9.77. The third-order valence-corrected chi connectivity index (χ3v) is 9.70. The van der Waals surface area contributed by atoms with Gasteiger partial charge in [-0.2, -0.15) is 12.7 Å². The zero-order valence-electron chi connectivity index (χ0n) is 18.2. The Bertz CT molecular complexity index is 1010. The first kappa shape index (κ1) is 23.1. The van der Waals surface area contributed by atoms with E-state index >= 15 is 0 Å². The summed E-state index contributed by atoms with van der Waals surface area (Å²) in [4.78, 5) is 2.56. The van der Waals surface area contributed by atoms with Gasteiger partial charge in [0.05, 0.1) is 5.75 Å². The maximum Gasteiger partial charge on any atom is 0.274 e. The van der Waals surface area contributed by atoms with Gasteiger partial charge in [0.25, 0.3) is 10.2 Å². The molecule has 2 saturated heterocycles. The molecule has 10 heteroatoms. The van der Waals surface area contributed by atoms with Crippen molar-refractivity contribution in [3.8, 4) is 0 Å². The zero-order valence-corrected chi connectivity index (χ0v) is 19.8. The maximum absolute atomic E-state index is 13.2. The molecule has 3 N–H and O–H groups in total. The molecule has 0 unspecified atom stereocenters. The molecule has 0 aliphatic carbocycles. The number of piperidine rings is 2. The number of fused-ring (bicyclic) bond motifs is 4. The number of hydrogen-bond acceptors (Lipinski definition) is 5. The Morgan fingerprint density at radius 3 is 2.74 bits per heavy atom. The molecule has 4 rings (SSSR count). The molecule has 1 aromatic rings. The summed E-state index contributed by atoms with van der Waals surface area (Å²) in [5, 5.41) is 4.93. The first-order chi connectivity index (χ1) is 14.7. The first-order valence-corrected chi connectivity index (χ1v) is 14.5. The predicted octanol–water partition coefficient (Wildman–Crippen LogP) is 1.15. The largest absolute Gasteiger partial charge is 0.296 e. The van der Waals surface area contributed by atoms with Crippen LogP contribution in [0.25, 0.3) is 0 Å². The van der Waals surface area contributed by atoms with Crippen LogP contribution in [-0.2, 0) is 33.1 Å². The van der Waals surface area contributed by atoms with E-state index in [0.29, 0.717) is 12.5 Å². The summed E-state index contributed by atoms with van der Waals surface area (Å²) in [5.74, 6) is 0.294. The Balaban J connectivity index is 1.50. The standard InChI is InChI=1S/C21H34N4O4S2/c1-2-16-6-7-19-17(13-16)8-11-24-15-18-5-3-10-25(20(18)14-21(19)24)30(26,27)12-4-9-23-31(22,28)29/h6-7,13,18,20-21,23H,2-5,8-12,14-15H2,1H3,(H2,22,28,29)/t18-,20+,21-/m0/s1. The van der Waals surface area contributed by atoms with Gasteiger partial charge in [-0.3, -0.25) is 4.90 Å². The van der Waals surface area contributed by atoms with E-state index in [9.17, 15) is 16.8 Å². The van der Waals surface area contributed by atoms with Gasteiger partial charge >= 0.3 is 0 Å². The molecule has 0 aromatic heterocycles. The van der Waals surface area contributed by atoms with Crippen LogP contribution in [0.4, 0.5) is 0 Å². The fraction of sp³-hybridized carbons (Fsp3) is 0.714. The summed E-state index contributed by atoms with van der Waals surface area (Å²) in [6.07, 6.45) is 5.08. The van der Waals surface area contributed by atoms with Crippen molar-refractivity contribution in [2.24, 2.45) is 11.1 Å². The topological polar surface area (TPSA) is 113 Å². The summed E-state index contributed by atoms with van der Waals surface area (Å²) in [7, 11) is -7.25. The second-order valence-corrected chi connectivity index (χ2v) is 12.5. The third-order valence-electron chi connectivity index (χ3n) is 7.12. The molecule has 31 heavy (non-hydrogen) atoms. The van der Waals surface area contributed by atoms with Gasteiger partial charge < -0.3 is 0 Å². The van der Waals surface area contributed by atoms with E-state index in [1.165, 1.54) is 16.7 Å². The van der Waals surface area contributed by atoms with E-state index in [2.05, 4.69) is 34.7 Å². The minimum absolute atomic E-state index is 0.0167. The van der Waals surface area contributed by atoms with Crippen LogP contribution < -0.4 is 9.86 Å². The lowest BCUT2D eigenvalue weighted by molar-refractivity contribution is 0.0220. The SMILES string of the molecule is CCc1ccc2c(c1)CCN1C[C@@H]3CCCN(S(=O)(=O)CCCNS(N)(=O)=O)[C@@H]3C[C@@H]21. The molecule has 0 bridgehead atoms. The lowest BCUT2D eigenvalue weighted by Gasteiger charge is -2.51. The molecule has 8 nitrogen and oxygen atoms in total. The van der Waals surface area contributed by atoms with Gasteiger partial charge in [-0.25, -0.2) is 18.3 Å². The van der Waals surface area contributed by atoms with Crippen LogP contribution in [0, 0.1) is 5.92 Å². The fourth-order valence-corrected chi connectivity index (χ4v) is 7.87. The van der Waals surface area contributed by atoms with Gasteiger partial charge in [0.1, 0.15) is 0 Å². The quantitative estimate of drug-likeness (QED) is 0.581. The molecule has 3 aliphatic heterocycles. The van der Waals surface area contributed by atoms with Crippen LogP contribution in [0.1, 0.15) is 55.3 Å². The molecule has 3 heterocycles. The Kier molecular flexibility index (Phi) is 6.77. The van der Waals surface area contributed by atoms with Crippen molar-refractivity contribution in [3.05, 3.63) is 34.9 Å². The van der Waals surface area contributed by atoms with Crippen molar-refractivity contribution >= 4 is 20.2 Å². The average Bonchev–Trinajstić information content (AvgIpc) is 2.73. The number of benzene rings is 1. The molecular weight excluding hydrogens is 436 g/mol. The van der Waals surface area contributed by atoms with Crippen LogP contribution in [0.3, 0.4) is 0 Å². The zero-order chi connectivity index (χ0) is 22.2. The van der Waals surface area contributed by atoms with Gasteiger partial charge in [-0.05, 0) is 61.1 Å². The predicted molar refractivity (Wildman–Crippen MR) is 121 cm³/mol. The maximum atomic E-state index is 13.2. The summed E-state index contributed by atoms with van der Waals surface area (Å²) in [6.45, 7) is 4.75. The summed E-state index contributed by atoms with van der Waals surface area (Å²) in [6, 6.07) is 7.08. The van der Waals surface area contributed by atoms with Gasteiger partial charge in [-0.1, -0.05) is 25.1 Å². The summed E-state index contributed by atoms with van der Waals surface area (Å²) in [5.41, 5.74) is 4.14. The van der Waals surface area contributed by atoms with Crippen LogP contribution in [0.2, 0.25) is 0 Å². The fourth-order valence-electron chi connectivity index (χ4n) is 5.62. The van der Waals surface area contributed by atoms with E-state index in [1.807, 2.05) is 0 Å². The number of hydrogen-bond donors (Lipinski definition) is 2. The number of sulfonamides is 1. The normalized spacial score (nSPS) is 27.4. The number of rotatable bonds is 7. The molecule has 0 spiro atoms. The molecule has 0 saturated carbocycles. The van der Waals surface area contributed by atoms with E-state index < -0.39 is 20.2 Å². The second kappa shape index (κ2) is 9.07. The summed E-state index contributed by atoms with van der Waals surface area (Å²) < 4.78 is 52.3. The Morgan fingerprint density at radius 2 is 2.00 bits per heavy atom. The molecule has 0 amide bonds. The monoisotopic (exact) mass is 470 g/mol. The molecule has 0 radical (unpaired) electrons. The molecule has 2 fully saturated rings. The van der Waals surface area contributed by atoms with Crippen LogP contribution >= 0.6 is 0 Å². The number of nitrogens with two attached hydrogens (primary N) is 1. The van der Waals surface area contributed by atoms with Gasteiger partial charge in [0.15, 0.2) is 0 Å². The molecule has 174 valence electrons. The highest BCUT2D eigenvalue weighted by molar-refractivity contribution is 7.89. The number of nitrogens with zero attached hydrogens (tertiary/aromatic N) is 2. The van der Waals surface area contributed by atoms with Crippen molar-refractivity contribution < 1.29 is 16.8 Å². The highest BCUT2D eigenvalue weighted by atomic mass is 32.2. The number of nitrogens with one attached hydrogen (secondary N) is 1. The third kappa shape index (κ3) is 5.15. The molecular formula is C21H34N4O4S2. The van der Waals surface area contributed by atoms with Gasteiger partial charge in [0.2, 0.25) is 10.0 Å². The van der Waals surface area contributed by atoms with Crippen molar-refractivity contribution in [1.29, 1.82) is 0 Å².